The first-order chi connectivity index (χ1) is 19.9. The van der Waals surface area contributed by atoms with E-state index in [9.17, 15) is 14.7 Å². The first kappa shape index (κ1) is 28.4. The van der Waals surface area contributed by atoms with Crippen LogP contribution >= 0.6 is 11.6 Å². The number of amides is 2. The molecule has 41 heavy (non-hydrogen) atoms. The normalized spacial score (nSPS) is 14.3. The van der Waals surface area contributed by atoms with Gasteiger partial charge < -0.3 is 20.1 Å². The van der Waals surface area contributed by atoms with Crippen LogP contribution in [0.2, 0.25) is 5.02 Å². The van der Waals surface area contributed by atoms with Crippen molar-refractivity contribution < 1.29 is 19.4 Å². The number of likely N-dealkylation sites (tertiary alicyclic amines) is 1. The smallest absolute Gasteiger partial charge is 0.253 e. The SMILES string of the molecule is O=C(Cc1ccc(OCc2ccccc2)cc1)NC1(CO)CCN(C(=O)c2ccc(-c3cccc(Cl)c3)cc2)CC1. The molecule has 1 aliphatic rings. The number of piperidine rings is 1. The number of carbonyl (C=O) groups is 2. The lowest BCUT2D eigenvalue weighted by Crippen LogP contribution is -2.58. The van der Waals surface area contributed by atoms with Crippen molar-refractivity contribution in [1.29, 1.82) is 0 Å². The summed E-state index contributed by atoms with van der Waals surface area (Å²) in [6.07, 6.45) is 1.16. The largest absolute Gasteiger partial charge is 0.489 e. The zero-order valence-corrected chi connectivity index (χ0v) is 23.5. The van der Waals surface area contributed by atoms with Gasteiger partial charge in [0.1, 0.15) is 12.4 Å². The van der Waals surface area contributed by atoms with Gasteiger partial charge in [-0.15, -0.1) is 0 Å². The Labute approximate surface area is 245 Å². The summed E-state index contributed by atoms with van der Waals surface area (Å²) in [5.41, 5.74) is 3.78. The lowest BCUT2D eigenvalue weighted by atomic mass is 9.87. The second-order valence-electron chi connectivity index (χ2n) is 10.5. The van der Waals surface area contributed by atoms with Gasteiger partial charge in [0, 0.05) is 23.7 Å². The minimum absolute atomic E-state index is 0.0601. The van der Waals surface area contributed by atoms with Crippen LogP contribution in [0.1, 0.15) is 34.3 Å². The molecule has 4 aromatic rings. The molecule has 1 heterocycles. The summed E-state index contributed by atoms with van der Waals surface area (Å²) in [5, 5.41) is 13.9. The fourth-order valence-electron chi connectivity index (χ4n) is 5.09. The first-order valence-corrected chi connectivity index (χ1v) is 14.1. The average molecular weight is 569 g/mol. The minimum atomic E-state index is -0.747. The highest BCUT2D eigenvalue weighted by Gasteiger charge is 2.37. The van der Waals surface area contributed by atoms with Crippen LogP contribution in [0.3, 0.4) is 0 Å². The molecule has 0 spiro atoms. The number of aliphatic hydroxyl groups is 1. The molecule has 0 atom stereocenters. The molecule has 0 unspecified atom stereocenters. The predicted octanol–water partition coefficient (Wildman–Crippen LogP) is 5.91. The number of hydrogen-bond donors (Lipinski definition) is 2. The van der Waals surface area contributed by atoms with E-state index >= 15 is 0 Å². The molecule has 2 amide bonds. The Hall–Kier alpha value is -4.13. The van der Waals surface area contributed by atoms with Crippen LogP contribution < -0.4 is 10.1 Å². The van der Waals surface area contributed by atoms with Crippen molar-refractivity contribution in [2.45, 2.75) is 31.4 Å². The molecule has 0 bridgehead atoms. The van der Waals surface area contributed by atoms with Crippen LogP contribution in [0.25, 0.3) is 11.1 Å². The van der Waals surface area contributed by atoms with Crippen molar-refractivity contribution in [2.75, 3.05) is 19.7 Å². The van der Waals surface area contributed by atoms with Gasteiger partial charge in [-0.05, 0) is 71.5 Å². The number of nitrogens with zero attached hydrogens (tertiary/aromatic N) is 1. The van der Waals surface area contributed by atoms with Crippen molar-refractivity contribution in [3.63, 3.8) is 0 Å². The van der Waals surface area contributed by atoms with Crippen LogP contribution in [0, 0.1) is 0 Å². The highest BCUT2D eigenvalue weighted by Crippen LogP contribution is 2.26. The van der Waals surface area contributed by atoms with Crippen LogP contribution in [-0.2, 0) is 17.8 Å². The molecule has 0 aromatic heterocycles. The average Bonchev–Trinajstić information content (AvgIpc) is 3.01. The predicted molar refractivity (Wildman–Crippen MR) is 161 cm³/mol. The lowest BCUT2D eigenvalue weighted by Gasteiger charge is -2.41. The monoisotopic (exact) mass is 568 g/mol. The summed E-state index contributed by atoms with van der Waals surface area (Å²) >= 11 is 6.11. The molecule has 2 N–H and O–H groups in total. The van der Waals surface area contributed by atoms with Crippen molar-refractivity contribution in [2.24, 2.45) is 0 Å². The van der Waals surface area contributed by atoms with Crippen LogP contribution in [0.5, 0.6) is 5.75 Å². The van der Waals surface area contributed by atoms with Crippen molar-refractivity contribution in [3.05, 3.63) is 125 Å². The molecule has 0 saturated carbocycles. The maximum atomic E-state index is 13.2. The van der Waals surface area contributed by atoms with E-state index < -0.39 is 5.54 Å². The van der Waals surface area contributed by atoms with Crippen LogP contribution in [0.4, 0.5) is 0 Å². The number of carbonyl (C=O) groups excluding carboxylic acids is 2. The summed E-state index contributed by atoms with van der Waals surface area (Å²) in [6.45, 7) is 1.20. The third-order valence-corrected chi connectivity index (χ3v) is 7.78. The van der Waals surface area contributed by atoms with Gasteiger partial charge in [-0.25, -0.2) is 0 Å². The Morgan fingerprint density at radius 3 is 2.20 bits per heavy atom. The number of rotatable bonds is 9. The molecule has 1 saturated heterocycles. The van der Waals surface area contributed by atoms with E-state index in [1.807, 2.05) is 103 Å². The third kappa shape index (κ3) is 7.34. The van der Waals surface area contributed by atoms with E-state index in [0.717, 1.165) is 28.0 Å². The molecular formula is C34H33ClN2O4. The summed E-state index contributed by atoms with van der Waals surface area (Å²) in [5.74, 6) is 0.518. The molecule has 7 heteroatoms. The van der Waals surface area contributed by atoms with Crippen LogP contribution in [-0.4, -0.2) is 47.1 Å². The molecule has 1 aliphatic heterocycles. The molecule has 4 aromatic carbocycles. The number of benzene rings is 4. The van der Waals surface area contributed by atoms with Crippen molar-refractivity contribution in [1.82, 2.24) is 10.2 Å². The molecule has 1 fully saturated rings. The summed E-state index contributed by atoms with van der Waals surface area (Å²) in [6, 6.07) is 32.5. The number of hydrogen-bond acceptors (Lipinski definition) is 4. The van der Waals surface area contributed by atoms with Crippen molar-refractivity contribution >= 4 is 23.4 Å². The van der Waals surface area contributed by atoms with Gasteiger partial charge in [0.2, 0.25) is 5.91 Å². The minimum Gasteiger partial charge on any atom is -0.489 e. The maximum absolute atomic E-state index is 13.2. The van der Waals surface area contributed by atoms with E-state index in [0.29, 0.717) is 43.1 Å². The van der Waals surface area contributed by atoms with Gasteiger partial charge in [0.15, 0.2) is 0 Å². The van der Waals surface area contributed by atoms with Crippen molar-refractivity contribution in [3.8, 4) is 16.9 Å². The van der Waals surface area contributed by atoms with Crippen LogP contribution in [0.15, 0.2) is 103 Å². The van der Waals surface area contributed by atoms with E-state index in [1.165, 1.54) is 0 Å². The Balaban J connectivity index is 1.12. The Kier molecular flexibility index (Phi) is 9.02. The number of halogens is 1. The van der Waals surface area contributed by atoms with Gasteiger partial charge in [-0.2, -0.15) is 0 Å². The molecular weight excluding hydrogens is 536 g/mol. The topological polar surface area (TPSA) is 78.9 Å². The summed E-state index contributed by atoms with van der Waals surface area (Å²) in [7, 11) is 0. The number of aliphatic hydroxyl groups excluding tert-OH is 1. The van der Waals surface area contributed by atoms with Gasteiger partial charge in [0.25, 0.3) is 5.91 Å². The molecule has 0 radical (unpaired) electrons. The lowest BCUT2D eigenvalue weighted by molar-refractivity contribution is -0.123. The highest BCUT2D eigenvalue weighted by molar-refractivity contribution is 6.30. The number of nitrogens with one attached hydrogen (secondary N) is 1. The van der Waals surface area contributed by atoms with E-state index in [4.69, 9.17) is 16.3 Å². The molecule has 210 valence electrons. The van der Waals surface area contributed by atoms with E-state index in [-0.39, 0.29) is 24.8 Å². The fourth-order valence-corrected chi connectivity index (χ4v) is 5.28. The second-order valence-corrected chi connectivity index (χ2v) is 10.9. The Morgan fingerprint density at radius 1 is 0.829 bits per heavy atom. The molecule has 6 nitrogen and oxygen atoms in total. The number of ether oxygens (including phenoxy) is 1. The Morgan fingerprint density at radius 2 is 1.54 bits per heavy atom. The van der Waals surface area contributed by atoms with Gasteiger partial charge in [0.05, 0.1) is 18.6 Å². The van der Waals surface area contributed by atoms with Gasteiger partial charge in [-0.1, -0.05) is 78.3 Å². The first-order valence-electron chi connectivity index (χ1n) is 13.8. The fraction of sp³-hybridized carbons (Fsp3) is 0.235. The zero-order chi connectivity index (χ0) is 28.7. The zero-order valence-electron chi connectivity index (χ0n) is 22.8. The Bertz CT molecular complexity index is 1470. The molecule has 5 rings (SSSR count). The standard InChI is InChI=1S/C34H33ClN2O4/c35-30-8-4-7-29(22-30)27-11-13-28(14-12-27)33(40)37-19-17-34(24-38,18-20-37)36-32(39)21-25-9-15-31(16-10-25)41-23-26-5-2-1-3-6-26/h1-16,22,38H,17-21,23-24H2,(H,36,39). The van der Waals surface area contributed by atoms with E-state index in [1.54, 1.807) is 4.90 Å². The second kappa shape index (κ2) is 13.0. The van der Waals surface area contributed by atoms with E-state index in [2.05, 4.69) is 5.32 Å². The summed E-state index contributed by atoms with van der Waals surface area (Å²) in [4.78, 5) is 27.8. The summed E-state index contributed by atoms with van der Waals surface area (Å²) < 4.78 is 5.83. The third-order valence-electron chi connectivity index (χ3n) is 7.54. The quantitative estimate of drug-likeness (QED) is 0.263. The maximum Gasteiger partial charge on any atom is 0.253 e. The molecule has 0 aliphatic carbocycles. The van der Waals surface area contributed by atoms with Gasteiger partial charge >= 0.3 is 0 Å². The highest BCUT2D eigenvalue weighted by atomic mass is 35.5. The van der Waals surface area contributed by atoms with Gasteiger partial charge in [-0.3, -0.25) is 9.59 Å².